The largest absolute Gasteiger partial charge is 0.330 e. The van der Waals surface area contributed by atoms with E-state index in [1.807, 2.05) is 0 Å². The predicted octanol–water partition coefficient (Wildman–Crippen LogP) is 3.22. The van der Waals surface area contributed by atoms with Crippen molar-refractivity contribution in [2.75, 3.05) is 13.1 Å². The van der Waals surface area contributed by atoms with Crippen LogP contribution in [0.5, 0.6) is 0 Å². The SMILES string of the molecule is CCC(C)=C(C)C.NCCCCCCN. The molecule has 0 aromatic carbocycles. The fourth-order valence-corrected chi connectivity index (χ4v) is 0.996. The number of nitrogens with two attached hydrogens (primary N) is 2. The third kappa shape index (κ3) is 16.3. The van der Waals surface area contributed by atoms with E-state index < -0.39 is 0 Å². The Hall–Kier alpha value is -0.340. The zero-order valence-corrected chi connectivity index (χ0v) is 11.1. The lowest BCUT2D eigenvalue weighted by Crippen LogP contribution is -2.00. The minimum atomic E-state index is 0.824. The van der Waals surface area contributed by atoms with Gasteiger partial charge in [-0.2, -0.15) is 0 Å². The van der Waals surface area contributed by atoms with Crippen LogP contribution in [0.4, 0.5) is 0 Å². The molecule has 0 aliphatic carbocycles. The van der Waals surface area contributed by atoms with Gasteiger partial charge in [0.2, 0.25) is 0 Å². The van der Waals surface area contributed by atoms with Gasteiger partial charge in [0.25, 0.3) is 0 Å². The average Bonchev–Trinajstić information content (AvgIpc) is 2.24. The summed E-state index contributed by atoms with van der Waals surface area (Å²) in [5.74, 6) is 0. The van der Waals surface area contributed by atoms with Gasteiger partial charge in [0.1, 0.15) is 0 Å². The molecule has 0 radical (unpaired) electrons. The van der Waals surface area contributed by atoms with Crippen LogP contribution in [0.3, 0.4) is 0 Å². The summed E-state index contributed by atoms with van der Waals surface area (Å²) < 4.78 is 0. The van der Waals surface area contributed by atoms with Crippen molar-refractivity contribution in [1.29, 1.82) is 0 Å². The Kier molecular flexibility index (Phi) is 15.5. The second-order valence-corrected chi connectivity index (χ2v) is 4.13. The zero-order valence-electron chi connectivity index (χ0n) is 11.1. The maximum absolute atomic E-state index is 5.28. The van der Waals surface area contributed by atoms with Crippen molar-refractivity contribution in [3.63, 3.8) is 0 Å². The fourth-order valence-electron chi connectivity index (χ4n) is 0.996. The Balaban J connectivity index is 0. The Morgan fingerprint density at radius 3 is 1.33 bits per heavy atom. The highest BCUT2D eigenvalue weighted by molar-refractivity contribution is 5.05. The molecule has 0 bridgehead atoms. The third-order valence-corrected chi connectivity index (χ3v) is 2.54. The molecule has 0 aliphatic heterocycles. The molecule has 0 saturated heterocycles. The Morgan fingerprint density at radius 2 is 1.20 bits per heavy atom. The van der Waals surface area contributed by atoms with Gasteiger partial charge in [0.05, 0.1) is 0 Å². The smallest absolute Gasteiger partial charge is 0.00773 e. The first-order valence-electron chi connectivity index (χ1n) is 6.13. The van der Waals surface area contributed by atoms with E-state index in [1.165, 1.54) is 30.4 Å². The molecule has 0 heterocycles. The van der Waals surface area contributed by atoms with E-state index >= 15 is 0 Å². The molecule has 0 spiro atoms. The van der Waals surface area contributed by atoms with Crippen LogP contribution in [-0.4, -0.2) is 13.1 Å². The first-order valence-corrected chi connectivity index (χ1v) is 6.13. The highest BCUT2D eigenvalue weighted by atomic mass is 14.5. The molecule has 0 atom stereocenters. The van der Waals surface area contributed by atoms with Gasteiger partial charge in [-0.15, -0.1) is 0 Å². The zero-order chi connectivity index (χ0) is 12.1. The summed E-state index contributed by atoms with van der Waals surface area (Å²) in [6, 6.07) is 0. The van der Waals surface area contributed by atoms with E-state index in [2.05, 4.69) is 27.7 Å². The molecular weight excluding hydrogens is 184 g/mol. The number of hydrogen-bond donors (Lipinski definition) is 2. The lowest BCUT2D eigenvalue weighted by Gasteiger charge is -1.94. The molecule has 2 nitrogen and oxygen atoms in total. The van der Waals surface area contributed by atoms with Gasteiger partial charge in [-0.3, -0.25) is 0 Å². The van der Waals surface area contributed by atoms with Gasteiger partial charge in [-0.25, -0.2) is 0 Å². The minimum Gasteiger partial charge on any atom is -0.330 e. The van der Waals surface area contributed by atoms with Crippen molar-refractivity contribution >= 4 is 0 Å². The molecule has 0 aliphatic rings. The normalized spacial score (nSPS) is 9.20. The van der Waals surface area contributed by atoms with Crippen LogP contribution < -0.4 is 11.5 Å². The van der Waals surface area contributed by atoms with Crippen LogP contribution in [-0.2, 0) is 0 Å². The third-order valence-electron chi connectivity index (χ3n) is 2.54. The van der Waals surface area contributed by atoms with E-state index in [1.54, 1.807) is 0 Å². The lowest BCUT2D eigenvalue weighted by atomic mass is 10.1. The van der Waals surface area contributed by atoms with Crippen LogP contribution in [0, 0.1) is 0 Å². The van der Waals surface area contributed by atoms with Crippen LogP contribution >= 0.6 is 0 Å². The van der Waals surface area contributed by atoms with Crippen LogP contribution in [0.25, 0.3) is 0 Å². The predicted molar refractivity (Wildman–Crippen MR) is 70.9 cm³/mol. The molecule has 0 amide bonds. The maximum atomic E-state index is 5.28. The first-order chi connectivity index (χ1) is 7.09. The van der Waals surface area contributed by atoms with Gasteiger partial charge in [0, 0.05) is 0 Å². The molecule has 0 saturated carbocycles. The molecule has 2 heteroatoms. The number of unbranched alkanes of at least 4 members (excludes halogenated alkanes) is 3. The standard InChI is InChI=1S/C7H14.C6H16N2/c1-5-7(4)6(2)3;7-5-3-1-2-4-6-8/h5H2,1-4H3;1-8H2. The first kappa shape index (κ1) is 17.1. The van der Waals surface area contributed by atoms with Crippen molar-refractivity contribution in [2.45, 2.75) is 59.8 Å². The number of rotatable bonds is 6. The van der Waals surface area contributed by atoms with Gasteiger partial charge in [-0.1, -0.05) is 30.9 Å². The van der Waals surface area contributed by atoms with Crippen molar-refractivity contribution in [1.82, 2.24) is 0 Å². The second-order valence-electron chi connectivity index (χ2n) is 4.13. The summed E-state index contributed by atoms with van der Waals surface area (Å²) in [5, 5.41) is 0. The summed E-state index contributed by atoms with van der Waals surface area (Å²) in [5.41, 5.74) is 13.5. The monoisotopic (exact) mass is 214 g/mol. The molecule has 0 unspecified atom stereocenters. The Morgan fingerprint density at radius 1 is 0.800 bits per heavy atom. The van der Waals surface area contributed by atoms with Crippen LogP contribution in [0.15, 0.2) is 11.1 Å². The van der Waals surface area contributed by atoms with E-state index in [4.69, 9.17) is 11.5 Å². The molecule has 4 N–H and O–H groups in total. The van der Waals surface area contributed by atoms with E-state index in [0.29, 0.717) is 0 Å². The van der Waals surface area contributed by atoms with E-state index in [-0.39, 0.29) is 0 Å². The molecule has 0 aromatic heterocycles. The van der Waals surface area contributed by atoms with E-state index in [9.17, 15) is 0 Å². The Bertz CT molecular complexity index is 141. The second kappa shape index (κ2) is 13.7. The van der Waals surface area contributed by atoms with Gasteiger partial charge in [0.15, 0.2) is 0 Å². The van der Waals surface area contributed by atoms with Crippen molar-refractivity contribution < 1.29 is 0 Å². The lowest BCUT2D eigenvalue weighted by molar-refractivity contribution is 0.653. The summed E-state index contributed by atoms with van der Waals surface area (Å²) >= 11 is 0. The van der Waals surface area contributed by atoms with Crippen LogP contribution in [0.2, 0.25) is 0 Å². The molecule has 0 fully saturated rings. The van der Waals surface area contributed by atoms with Crippen molar-refractivity contribution in [2.24, 2.45) is 11.5 Å². The Labute approximate surface area is 96.1 Å². The van der Waals surface area contributed by atoms with E-state index in [0.717, 1.165) is 25.9 Å². The molecule has 15 heavy (non-hydrogen) atoms. The van der Waals surface area contributed by atoms with Gasteiger partial charge >= 0.3 is 0 Å². The number of allylic oxidation sites excluding steroid dienone is 2. The van der Waals surface area contributed by atoms with Crippen molar-refractivity contribution in [3.05, 3.63) is 11.1 Å². The van der Waals surface area contributed by atoms with Crippen molar-refractivity contribution in [3.8, 4) is 0 Å². The minimum absolute atomic E-state index is 0.824. The molecule has 0 rings (SSSR count). The number of hydrogen-bond acceptors (Lipinski definition) is 2. The molecule has 0 aromatic rings. The topological polar surface area (TPSA) is 52.0 Å². The maximum Gasteiger partial charge on any atom is -0.00773 e. The highest BCUT2D eigenvalue weighted by Gasteiger charge is 1.83. The summed E-state index contributed by atoms with van der Waals surface area (Å²) in [4.78, 5) is 0. The summed E-state index contributed by atoms with van der Waals surface area (Å²) in [6.07, 6.45) is 5.99. The summed E-state index contributed by atoms with van der Waals surface area (Å²) in [6.45, 7) is 10.3. The molecular formula is C13H30N2. The highest BCUT2D eigenvalue weighted by Crippen LogP contribution is 2.04. The summed E-state index contributed by atoms with van der Waals surface area (Å²) in [7, 11) is 0. The van der Waals surface area contributed by atoms with Gasteiger partial charge < -0.3 is 11.5 Å². The molecule has 92 valence electrons. The average molecular weight is 214 g/mol. The van der Waals surface area contributed by atoms with Crippen LogP contribution in [0.1, 0.15) is 59.8 Å². The van der Waals surface area contributed by atoms with Gasteiger partial charge in [-0.05, 0) is 53.1 Å². The fraction of sp³-hybridized carbons (Fsp3) is 0.846. The quantitative estimate of drug-likeness (QED) is 0.527.